The molecule has 0 bridgehead atoms. The molecule has 0 aliphatic heterocycles. The van der Waals surface area contributed by atoms with Crippen molar-refractivity contribution < 1.29 is 102 Å². The second-order valence-corrected chi connectivity index (χ2v) is 30.8. The molecule has 26 N–H and O–H groups in total. The van der Waals surface area contributed by atoms with Gasteiger partial charge >= 0.3 is 5.97 Å². The van der Waals surface area contributed by atoms with Crippen molar-refractivity contribution in [3.63, 3.8) is 0 Å². The van der Waals surface area contributed by atoms with Crippen LogP contribution in [0.2, 0.25) is 0 Å². The Morgan fingerprint density at radius 2 is 0.670 bits per heavy atom. The maximum absolute atomic E-state index is 14.2. The molecular weight excluding hydrogens is 1500 g/mol. The number of nitrogens with one attached hydrogen (secondary N) is 16. The van der Waals surface area contributed by atoms with Crippen LogP contribution in [0.15, 0.2) is 24.3 Å². The van der Waals surface area contributed by atoms with Gasteiger partial charge in [0.2, 0.25) is 94.5 Å². The van der Waals surface area contributed by atoms with Crippen LogP contribution in [-0.2, 0) is 87.9 Å². The van der Waals surface area contributed by atoms with Gasteiger partial charge in [-0.25, -0.2) is 4.79 Å². The van der Waals surface area contributed by atoms with E-state index >= 15 is 0 Å². The minimum atomic E-state index is -1.69. The first-order chi connectivity index (χ1) is 53.7. The number of rotatable bonds is 53. The van der Waals surface area contributed by atoms with Crippen LogP contribution in [0.5, 0.6) is 5.75 Å². The standard InChI is InChI=1S/C75H129N19O21/c1-36(2)29-51(69(108)94-61(45(16)96)75(114)115)87-64(103)44(15)84-70(109)53(35-95)89-66(105)49(21-17-19-27-76)85-55(99)33-81-71(110)57(38(5)6)90-56(100)34-79-62(101)42(13)83-63(102)43(14)82-54(98)32-80-72(111)58(39(7)8)92-74(113)60(41(11)12)93-73(112)59(40(9)10)91-68(107)52(30-37(3)4)88-67(106)50(22-18-20-28-77)86-65(104)48(78)31-46-23-25-47(97)26-24-46/h23-26,36-45,48-53,57-61,95-97H,17-22,27-35,76-78H2,1-16H3,(H,79,101)(H,80,111)(H,81,110)(H,82,98)(H,83,102)(H,84,109)(H,85,99)(H,86,104)(H,87,103)(H,88,106)(H,89,105)(H,90,100)(H,91,107)(H,92,113)(H,93,112)(H,94,108)(H,114,115)/t42-,43-,44-,45+,48-,49-,50-,51-,52-,53-,57-,58-,59-,60-,61-/m0/s1. The van der Waals surface area contributed by atoms with Crippen LogP contribution in [0.25, 0.3) is 0 Å². The maximum Gasteiger partial charge on any atom is 0.328 e. The Morgan fingerprint density at radius 1 is 0.348 bits per heavy atom. The first-order valence-electron chi connectivity index (χ1n) is 38.9. The first kappa shape index (κ1) is 103. The molecule has 0 aromatic heterocycles. The van der Waals surface area contributed by atoms with Crippen LogP contribution < -0.4 is 102 Å². The van der Waals surface area contributed by atoms with Crippen molar-refractivity contribution >= 4 is 100 Å². The van der Waals surface area contributed by atoms with Gasteiger partial charge in [-0.3, -0.25) is 76.7 Å². The van der Waals surface area contributed by atoms with Gasteiger partial charge in [0.25, 0.3) is 0 Å². The van der Waals surface area contributed by atoms with Crippen LogP contribution in [0.1, 0.15) is 168 Å². The minimum Gasteiger partial charge on any atom is -0.508 e. The first-order valence-corrected chi connectivity index (χ1v) is 38.9. The van der Waals surface area contributed by atoms with E-state index in [1.165, 1.54) is 32.9 Å². The number of hydrogen-bond acceptors (Lipinski definition) is 23. The Labute approximate surface area is 671 Å². The van der Waals surface area contributed by atoms with Crippen molar-refractivity contribution in [3.8, 4) is 5.75 Å². The summed E-state index contributed by atoms with van der Waals surface area (Å²) in [5, 5.41) is 78.7. The molecule has 0 saturated heterocycles. The highest BCUT2D eigenvalue weighted by atomic mass is 16.4. The normalized spacial score (nSPS) is 15.3. The van der Waals surface area contributed by atoms with Crippen LogP contribution in [0.3, 0.4) is 0 Å². The van der Waals surface area contributed by atoms with Crippen molar-refractivity contribution in [1.29, 1.82) is 0 Å². The average Bonchev–Trinajstić information content (AvgIpc) is 0.841. The number of carbonyl (C=O) groups excluding carboxylic acids is 16. The molecule has 1 aromatic rings. The predicted molar refractivity (Wildman–Crippen MR) is 421 cm³/mol. The monoisotopic (exact) mass is 1630 g/mol. The highest BCUT2D eigenvalue weighted by molar-refractivity contribution is 6.00. The van der Waals surface area contributed by atoms with Crippen LogP contribution in [-0.4, -0.2) is 251 Å². The van der Waals surface area contributed by atoms with Gasteiger partial charge in [-0.2, -0.15) is 0 Å². The van der Waals surface area contributed by atoms with Crippen LogP contribution >= 0.6 is 0 Å². The number of unbranched alkanes of at least 4 members (excludes halogenated alkanes) is 2. The Kier molecular flexibility index (Phi) is 46.8. The zero-order valence-corrected chi connectivity index (χ0v) is 69.0. The number of amides is 16. The number of benzene rings is 1. The summed E-state index contributed by atoms with van der Waals surface area (Å²) in [7, 11) is 0. The van der Waals surface area contributed by atoms with Crippen LogP contribution in [0.4, 0.5) is 0 Å². The molecule has 650 valence electrons. The molecule has 0 fully saturated rings. The zero-order valence-electron chi connectivity index (χ0n) is 69.0. The van der Waals surface area contributed by atoms with Crippen molar-refractivity contribution in [2.75, 3.05) is 39.3 Å². The van der Waals surface area contributed by atoms with Crippen LogP contribution in [0, 0.1) is 35.5 Å². The molecule has 0 aliphatic rings. The van der Waals surface area contributed by atoms with E-state index in [9.17, 15) is 102 Å². The summed E-state index contributed by atoms with van der Waals surface area (Å²) in [5.74, 6) is -17.7. The molecule has 1 rings (SSSR count). The van der Waals surface area contributed by atoms with E-state index in [0.29, 0.717) is 31.4 Å². The molecule has 0 aliphatic carbocycles. The lowest BCUT2D eigenvalue weighted by molar-refractivity contribution is -0.145. The van der Waals surface area contributed by atoms with Gasteiger partial charge in [0, 0.05) is 0 Å². The lowest BCUT2D eigenvalue weighted by atomic mass is 9.97. The Morgan fingerprint density at radius 3 is 1.09 bits per heavy atom. The largest absolute Gasteiger partial charge is 0.508 e. The highest BCUT2D eigenvalue weighted by Gasteiger charge is 2.38. The Hall–Kier alpha value is -10.2. The molecule has 0 radical (unpaired) electrons. The molecule has 0 saturated carbocycles. The second kappa shape index (κ2) is 52.3. The van der Waals surface area contributed by atoms with Gasteiger partial charge in [0.1, 0.15) is 78.3 Å². The Bertz CT molecular complexity index is 3410. The van der Waals surface area contributed by atoms with Gasteiger partial charge < -0.3 is 123 Å². The third-order valence-corrected chi connectivity index (χ3v) is 18.0. The summed E-state index contributed by atoms with van der Waals surface area (Å²) in [5.41, 5.74) is 18.3. The highest BCUT2D eigenvalue weighted by Crippen LogP contribution is 2.16. The lowest BCUT2D eigenvalue weighted by Gasteiger charge is -2.30. The minimum absolute atomic E-state index is 0.0268. The molecule has 1 aromatic carbocycles. The fourth-order valence-electron chi connectivity index (χ4n) is 11.2. The maximum atomic E-state index is 14.2. The van der Waals surface area contributed by atoms with Crippen molar-refractivity contribution in [3.05, 3.63) is 29.8 Å². The SMILES string of the molecule is CC(C)C[C@H](NC(=O)[C@H](C)NC(=O)[C@H](CO)NC(=O)[C@H](CCCCN)NC(=O)CNC(=O)[C@@H](NC(=O)CNC(=O)[C@H](C)NC(=O)[C@H](C)NC(=O)CNC(=O)[C@@H](NC(=O)[C@@H](NC(=O)[C@@H](NC(=O)[C@H](CC(C)C)NC(=O)[C@H](CCCCN)NC(=O)[C@@H](N)Cc1ccc(O)cc1)C(C)C)C(C)C)C(C)C)C(C)C)C(=O)N[C@H](C(=O)O)[C@@H](C)O. The van der Waals surface area contributed by atoms with Gasteiger partial charge in [0.05, 0.1) is 38.4 Å². The topological polar surface area (TPSA) is 642 Å². The number of nitrogens with two attached hydrogens (primary N) is 3. The molecule has 15 atom stereocenters. The Balaban J connectivity index is 2.95. The van der Waals surface area contributed by atoms with Gasteiger partial charge in [-0.05, 0) is 152 Å². The number of phenolic OH excluding ortho intramolecular Hbond substituents is 1. The molecule has 115 heavy (non-hydrogen) atoms. The summed E-state index contributed by atoms with van der Waals surface area (Å²) in [4.78, 5) is 227. The molecule has 0 spiro atoms. The number of aliphatic hydroxyl groups is 2. The van der Waals surface area contributed by atoms with E-state index in [-0.39, 0.29) is 62.7 Å². The summed E-state index contributed by atoms with van der Waals surface area (Å²) in [6.07, 6.45) is 0.542. The lowest BCUT2D eigenvalue weighted by Crippen LogP contribution is -2.61. The summed E-state index contributed by atoms with van der Waals surface area (Å²) < 4.78 is 0. The summed E-state index contributed by atoms with van der Waals surface area (Å²) in [6, 6.07) is -12.4. The van der Waals surface area contributed by atoms with E-state index in [0.717, 1.165) is 6.92 Å². The van der Waals surface area contributed by atoms with Gasteiger partial charge in [-0.15, -0.1) is 0 Å². The smallest absolute Gasteiger partial charge is 0.328 e. The van der Waals surface area contributed by atoms with E-state index in [1.54, 1.807) is 81.4 Å². The number of carboxylic acids is 1. The second-order valence-electron chi connectivity index (χ2n) is 30.8. The molecule has 0 unspecified atom stereocenters. The third kappa shape index (κ3) is 38.7. The fraction of sp³-hybridized carbons (Fsp3) is 0.693. The van der Waals surface area contributed by atoms with Crippen molar-refractivity contribution in [1.82, 2.24) is 85.1 Å². The van der Waals surface area contributed by atoms with Crippen molar-refractivity contribution in [2.24, 2.45) is 52.7 Å². The fourth-order valence-corrected chi connectivity index (χ4v) is 11.2. The number of aliphatic carboxylic acids is 1. The number of carbonyl (C=O) groups is 17. The summed E-state index contributed by atoms with van der Waals surface area (Å²) in [6.45, 7) is 22.4. The predicted octanol–water partition coefficient (Wildman–Crippen LogP) is -5.60. The molecule has 40 heteroatoms. The third-order valence-electron chi connectivity index (χ3n) is 18.0. The molecule has 40 nitrogen and oxygen atoms in total. The van der Waals surface area contributed by atoms with E-state index < -0.39 is 241 Å². The van der Waals surface area contributed by atoms with Gasteiger partial charge in [-0.1, -0.05) is 95.2 Å². The quantitative estimate of drug-likeness (QED) is 0.0270. The van der Waals surface area contributed by atoms with Crippen molar-refractivity contribution in [2.45, 2.75) is 259 Å². The number of carboxylic acid groups (broad SMARTS) is 1. The molecule has 0 heterocycles. The zero-order chi connectivity index (χ0) is 87.8. The number of aliphatic hydroxyl groups excluding tert-OH is 2. The number of phenols is 1. The number of aromatic hydroxyl groups is 1. The number of hydrogen-bond donors (Lipinski definition) is 23. The van der Waals surface area contributed by atoms with E-state index in [4.69, 9.17) is 17.2 Å². The van der Waals surface area contributed by atoms with Gasteiger partial charge in [0.15, 0.2) is 6.04 Å². The molecule has 16 amide bonds. The van der Waals surface area contributed by atoms with E-state index in [2.05, 4.69) is 85.1 Å². The molecular formula is C75H129N19O21. The average molecular weight is 1630 g/mol. The summed E-state index contributed by atoms with van der Waals surface area (Å²) >= 11 is 0. The van der Waals surface area contributed by atoms with E-state index in [1.807, 2.05) is 13.8 Å².